The molecule has 0 saturated heterocycles. The van der Waals surface area contributed by atoms with Gasteiger partial charge in [-0.2, -0.15) is 0 Å². The first kappa shape index (κ1) is 15.7. The number of carbonyl (C=O) groups excluding carboxylic acids is 1. The first-order valence-electron chi connectivity index (χ1n) is 7.62. The fourth-order valence-electron chi connectivity index (χ4n) is 2.60. The highest BCUT2D eigenvalue weighted by molar-refractivity contribution is 6.06. The van der Waals surface area contributed by atoms with Crippen molar-refractivity contribution in [3.63, 3.8) is 0 Å². The van der Waals surface area contributed by atoms with Crippen LogP contribution in [0.4, 0.5) is 5.69 Å². The predicted molar refractivity (Wildman–Crippen MR) is 92.5 cm³/mol. The lowest BCUT2D eigenvalue weighted by Gasteiger charge is -2.11. The van der Waals surface area contributed by atoms with Crippen molar-refractivity contribution in [3.8, 4) is 5.75 Å². The molecule has 2 aromatic carbocycles. The standard InChI is InChI=1S/C18H17N3O3/c1-3-21-15-9-8-12(10-14(15)19-11(2)18(21)24)17(23)20-13-6-4-5-7-16(13)22/h4-10,22H,3H2,1-2H3,(H,20,23). The molecule has 1 aromatic heterocycles. The molecule has 24 heavy (non-hydrogen) atoms. The number of rotatable bonds is 3. The van der Waals surface area contributed by atoms with Crippen molar-refractivity contribution in [1.82, 2.24) is 9.55 Å². The van der Waals surface area contributed by atoms with Crippen LogP contribution in [0.5, 0.6) is 5.75 Å². The second-order valence-corrected chi connectivity index (χ2v) is 5.42. The molecular formula is C18H17N3O3. The van der Waals surface area contributed by atoms with Crippen LogP contribution in [-0.2, 0) is 6.54 Å². The number of fused-ring (bicyclic) bond motifs is 1. The third-order valence-electron chi connectivity index (χ3n) is 3.84. The summed E-state index contributed by atoms with van der Waals surface area (Å²) in [6.45, 7) is 4.07. The highest BCUT2D eigenvalue weighted by Gasteiger charge is 2.12. The zero-order chi connectivity index (χ0) is 17.3. The molecule has 2 N–H and O–H groups in total. The molecule has 0 bridgehead atoms. The Labute approximate surface area is 138 Å². The summed E-state index contributed by atoms with van der Waals surface area (Å²) in [4.78, 5) is 28.8. The molecule has 6 heteroatoms. The maximum Gasteiger partial charge on any atom is 0.272 e. The van der Waals surface area contributed by atoms with Crippen LogP contribution < -0.4 is 10.9 Å². The van der Waals surface area contributed by atoms with E-state index in [4.69, 9.17) is 0 Å². The van der Waals surface area contributed by atoms with Crippen LogP contribution in [0.25, 0.3) is 11.0 Å². The van der Waals surface area contributed by atoms with Gasteiger partial charge in [0.05, 0.1) is 16.7 Å². The molecule has 0 spiro atoms. The highest BCUT2D eigenvalue weighted by Crippen LogP contribution is 2.22. The van der Waals surface area contributed by atoms with Crippen LogP contribution >= 0.6 is 0 Å². The van der Waals surface area contributed by atoms with Crippen LogP contribution in [0.2, 0.25) is 0 Å². The Hall–Kier alpha value is -3.15. The minimum Gasteiger partial charge on any atom is -0.506 e. The quantitative estimate of drug-likeness (QED) is 0.726. The Bertz CT molecular complexity index is 992. The first-order chi connectivity index (χ1) is 11.5. The number of hydrogen-bond acceptors (Lipinski definition) is 4. The minimum absolute atomic E-state index is 0.000398. The van der Waals surface area contributed by atoms with E-state index in [0.29, 0.717) is 34.5 Å². The molecule has 3 aromatic rings. The molecule has 1 amide bonds. The van der Waals surface area contributed by atoms with Crippen molar-refractivity contribution in [2.75, 3.05) is 5.32 Å². The predicted octanol–water partition coefficient (Wildman–Crippen LogP) is 2.68. The summed E-state index contributed by atoms with van der Waals surface area (Å²) in [7, 11) is 0. The normalized spacial score (nSPS) is 10.8. The van der Waals surface area contributed by atoms with Gasteiger partial charge in [0, 0.05) is 12.1 Å². The molecule has 0 atom stereocenters. The summed E-state index contributed by atoms with van der Waals surface area (Å²) in [5.41, 5.74) is 2.27. The van der Waals surface area contributed by atoms with Gasteiger partial charge in [0.1, 0.15) is 11.4 Å². The monoisotopic (exact) mass is 323 g/mol. The van der Waals surface area contributed by atoms with Gasteiger partial charge in [0.2, 0.25) is 0 Å². The lowest BCUT2D eigenvalue weighted by atomic mass is 10.1. The maximum atomic E-state index is 12.4. The van der Waals surface area contributed by atoms with E-state index in [0.717, 1.165) is 0 Å². The smallest absolute Gasteiger partial charge is 0.272 e. The average molecular weight is 323 g/mol. The number of aryl methyl sites for hydroxylation is 2. The van der Waals surface area contributed by atoms with Crippen LogP contribution in [0, 0.1) is 6.92 Å². The number of carbonyl (C=O) groups is 1. The SMILES string of the molecule is CCn1c(=O)c(C)nc2cc(C(=O)Nc3ccccc3O)ccc21. The maximum absolute atomic E-state index is 12.4. The Balaban J connectivity index is 2.02. The number of anilines is 1. The van der Waals surface area contributed by atoms with Gasteiger partial charge in [0.25, 0.3) is 11.5 Å². The molecule has 0 aliphatic carbocycles. The third kappa shape index (κ3) is 2.74. The highest BCUT2D eigenvalue weighted by atomic mass is 16.3. The number of aromatic hydroxyl groups is 1. The number of nitrogens with one attached hydrogen (secondary N) is 1. The van der Waals surface area contributed by atoms with Gasteiger partial charge in [-0.3, -0.25) is 9.59 Å². The summed E-state index contributed by atoms with van der Waals surface area (Å²) in [6.07, 6.45) is 0. The Morgan fingerprint density at radius 1 is 1.25 bits per heavy atom. The number of benzene rings is 2. The van der Waals surface area contributed by atoms with E-state index in [2.05, 4.69) is 10.3 Å². The van der Waals surface area contributed by atoms with Gasteiger partial charge in [-0.15, -0.1) is 0 Å². The van der Waals surface area contributed by atoms with E-state index in [1.165, 1.54) is 6.07 Å². The zero-order valence-corrected chi connectivity index (χ0v) is 13.4. The van der Waals surface area contributed by atoms with E-state index >= 15 is 0 Å². The number of nitrogens with zero attached hydrogens (tertiary/aromatic N) is 2. The Morgan fingerprint density at radius 2 is 2.00 bits per heavy atom. The van der Waals surface area contributed by atoms with Gasteiger partial charge < -0.3 is 15.0 Å². The summed E-state index contributed by atoms with van der Waals surface area (Å²) < 4.78 is 1.63. The second-order valence-electron chi connectivity index (χ2n) is 5.42. The molecule has 6 nitrogen and oxygen atoms in total. The average Bonchev–Trinajstić information content (AvgIpc) is 2.57. The fraction of sp³-hybridized carbons (Fsp3) is 0.167. The number of phenolic OH excluding ortho intramolecular Hbond substituents is 1. The molecular weight excluding hydrogens is 306 g/mol. The van der Waals surface area contributed by atoms with Crippen molar-refractivity contribution in [2.45, 2.75) is 20.4 Å². The van der Waals surface area contributed by atoms with E-state index in [1.54, 1.807) is 47.9 Å². The third-order valence-corrected chi connectivity index (χ3v) is 3.84. The van der Waals surface area contributed by atoms with Gasteiger partial charge in [-0.05, 0) is 44.2 Å². The number of aromatic nitrogens is 2. The fourth-order valence-corrected chi connectivity index (χ4v) is 2.60. The number of para-hydroxylation sites is 2. The molecule has 1 heterocycles. The lowest BCUT2D eigenvalue weighted by molar-refractivity contribution is 0.102. The van der Waals surface area contributed by atoms with Crippen molar-refractivity contribution in [3.05, 3.63) is 64.1 Å². The zero-order valence-electron chi connectivity index (χ0n) is 13.4. The summed E-state index contributed by atoms with van der Waals surface area (Å²) in [6, 6.07) is 11.5. The molecule has 0 fully saturated rings. The Morgan fingerprint density at radius 3 is 2.71 bits per heavy atom. The van der Waals surface area contributed by atoms with E-state index in [9.17, 15) is 14.7 Å². The van der Waals surface area contributed by atoms with Crippen LogP contribution in [0.15, 0.2) is 47.3 Å². The molecule has 0 aliphatic rings. The number of phenols is 1. The summed E-state index contributed by atoms with van der Waals surface area (Å²) >= 11 is 0. The van der Waals surface area contributed by atoms with Crippen molar-refractivity contribution >= 4 is 22.6 Å². The van der Waals surface area contributed by atoms with Crippen LogP contribution in [0.1, 0.15) is 23.0 Å². The summed E-state index contributed by atoms with van der Waals surface area (Å²) in [5, 5.41) is 12.4. The topological polar surface area (TPSA) is 84.2 Å². The Kier molecular flexibility index (Phi) is 4.04. The van der Waals surface area contributed by atoms with Crippen molar-refractivity contribution in [2.24, 2.45) is 0 Å². The summed E-state index contributed by atoms with van der Waals surface area (Å²) in [5.74, 6) is -0.354. The molecule has 122 valence electrons. The van der Waals surface area contributed by atoms with Crippen LogP contribution in [-0.4, -0.2) is 20.6 Å². The van der Waals surface area contributed by atoms with E-state index < -0.39 is 0 Å². The largest absolute Gasteiger partial charge is 0.506 e. The number of hydrogen-bond donors (Lipinski definition) is 2. The molecule has 0 aliphatic heterocycles. The van der Waals surface area contributed by atoms with E-state index in [-0.39, 0.29) is 17.2 Å². The van der Waals surface area contributed by atoms with E-state index in [1.807, 2.05) is 6.92 Å². The number of amides is 1. The molecule has 3 rings (SSSR count). The second kappa shape index (κ2) is 6.16. The minimum atomic E-state index is -0.355. The van der Waals surface area contributed by atoms with Crippen LogP contribution in [0.3, 0.4) is 0 Å². The van der Waals surface area contributed by atoms with Crippen molar-refractivity contribution < 1.29 is 9.90 Å². The lowest BCUT2D eigenvalue weighted by Crippen LogP contribution is -2.23. The molecule has 0 saturated carbocycles. The molecule has 0 radical (unpaired) electrons. The first-order valence-corrected chi connectivity index (χ1v) is 7.62. The van der Waals surface area contributed by atoms with Gasteiger partial charge in [-0.25, -0.2) is 4.98 Å². The van der Waals surface area contributed by atoms with Gasteiger partial charge in [0.15, 0.2) is 0 Å². The van der Waals surface area contributed by atoms with Gasteiger partial charge >= 0.3 is 0 Å². The van der Waals surface area contributed by atoms with Crippen molar-refractivity contribution in [1.29, 1.82) is 0 Å². The molecule has 0 unspecified atom stereocenters. The van der Waals surface area contributed by atoms with Gasteiger partial charge in [-0.1, -0.05) is 12.1 Å².